The zero-order chi connectivity index (χ0) is 9.86. The minimum atomic E-state index is -0.218. The van der Waals surface area contributed by atoms with Crippen molar-refractivity contribution in [1.29, 1.82) is 0 Å². The van der Waals surface area contributed by atoms with Crippen LogP contribution in [0.2, 0.25) is 0 Å². The molecule has 1 atom stereocenters. The number of aliphatic hydroxyl groups excluding tert-OH is 1. The van der Waals surface area contributed by atoms with Gasteiger partial charge in [-0.1, -0.05) is 0 Å². The van der Waals surface area contributed by atoms with E-state index in [1.54, 1.807) is 11.8 Å². The summed E-state index contributed by atoms with van der Waals surface area (Å²) in [6.45, 7) is 0.988. The molecule has 0 aromatic rings. The number of aliphatic hydroxyl groups is 1. The quantitative estimate of drug-likeness (QED) is 0.724. The van der Waals surface area contributed by atoms with Crippen LogP contribution in [-0.4, -0.2) is 41.7 Å². The Kier molecular flexibility index (Phi) is 3.71. The van der Waals surface area contributed by atoms with Crippen molar-refractivity contribution in [3.63, 3.8) is 0 Å². The first-order valence-corrected chi connectivity index (χ1v) is 6.50. The second kappa shape index (κ2) is 4.84. The summed E-state index contributed by atoms with van der Waals surface area (Å²) in [7, 11) is 0. The van der Waals surface area contributed by atoms with Crippen LogP contribution < -0.4 is 0 Å². The third-order valence-electron chi connectivity index (χ3n) is 2.82. The molecule has 0 aromatic heterocycles. The fourth-order valence-corrected chi connectivity index (χ4v) is 2.88. The predicted octanol–water partition coefficient (Wildman–Crippen LogP) is 1.40. The predicted molar refractivity (Wildman–Crippen MR) is 56.4 cm³/mol. The highest BCUT2D eigenvalue weighted by atomic mass is 32.2. The molecule has 0 amide bonds. The molecule has 2 fully saturated rings. The third kappa shape index (κ3) is 2.42. The van der Waals surface area contributed by atoms with Crippen molar-refractivity contribution >= 4 is 11.8 Å². The second-order valence-corrected chi connectivity index (χ2v) is 5.12. The van der Waals surface area contributed by atoms with Gasteiger partial charge < -0.3 is 14.6 Å². The van der Waals surface area contributed by atoms with E-state index >= 15 is 0 Å². The Bertz CT molecular complexity index is 180. The maximum absolute atomic E-state index is 8.65. The molecule has 14 heavy (non-hydrogen) atoms. The Morgan fingerprint density at radius 3 is 2.86 bits per heavy atom. The van der Waals surface area contributed by atoms with Gasteiger partial charge in [-0.15, -0.1) is 0 Å². The van der Waals surface area contributed by atoms with Crippen LogP contribution in [0.3, 0.4) is 0 Å². The normalized spacial score (nSPS) is 30.2. The fourth-order valence-electron chi connectivity index (χ4n) is 2.15. The van der Waals surface area contributed by atoms with Gasteiger partial charge in [0, 0.05) is 24.3 Å². The molecular formula is C10H18O3S. The molecule has 0 radical (unpaired) electrons. The highest BCUT2D eigenvalue weighted by molar-refractivity contribution is 7.99. The van der Waals surface area contributed by atoms with Crippen LogP contribution in [0.1, 0.15) is 25.7 Å². The molecule has 82 valence electrons. The van der Waals surface area contributed by atoms with Crippen LogP contribution in [0.4, 0.5) is 0 Å². The number of hydrogen-bond donors (Lipinski definition) is 1. The van der Waals surface area contributed by atoms with Gasteiger partial charge in [-0.25, -0.2) is 0 Å². The first kappa shape index (κ1) is 10.7. The van der Waals surface area contributed by atoms with Crippen LogP contribution >= 0.6 is 11.8 Å². The summed E-state index contributed by atoms with van der Waals surface area (Å²) < 4.78 is 11.7. The summed E-state index contributed by atoms with van der Waals surface area (Å²) in [4.78, 5) is 0. The van der Waals surface area contributed by atoms with Crippen molar-refractivity contribution in [3.05, 3.63) is 0 Å². The van der Waals surface area contributed by atoms with Gasteiger partial charge in [-0.3, -0.25) is 0 Å². The third-order valence-corrected chi connectivity index (χ3v) is 3.90. The number of ether oxygens (including phenoxy) is 2. The van der Waals surface area contributed by atoms with E-state index in [1.807, 2.05) is 0 Å². The Hall–Kier alpha value is 0.230. The molecule has 3 nitrogen and oxygen atoms in total. The SMILES string of the molecule is OCCSCC1COC2(CCCC2)O1. The van der Waals surface area contributed by atoms with Crippen molar-refractivity contribution in [2.24, 2.45) is 0 Å². The molecular weight excluding hydrogens is 200 g/mol. The summed E-state index contributed by atoms with van der Waals surface area (Å²) >= 11 is 1.74. The largest absolute Gasteiger partial charge is 0.396 e. The van der Waals surface area contributed by atoms with Gasteiger partial charge >= 0.3 is 0 Å². The van der Waals surface area contributed by atoms with Gasteiger partial charge in [0.2, 0.25) is 0 Å². The second-order valence-electron chi connectivity index (χ2n) is 3.97. The van der Waals surface area contributed by atoms with Crippen LogP contribution in [-0.2, 0) is 9.47 Å². The summed E-state index contributed by atoms with van der Waals surface area (Å²) in [5.74, 6) is 1.53. The highest BCUT2D eigenvalue weighted by Crippen LogP contribution is 2.39. The van der Waals surface area contributed by atoms with Crippen LogP contribution in [0.25, 0.3) is 0 Å². The summed E-state index contributed by atoms with van der Waals surface area (Å²) in [5, 5.41) is 8.65. The summed E-state index contributed by atoms with van der Waals surface area (Å²) in [5.41, 5.74) is 0. The summed E-state index contributed by atoms with van der Waals surface area (Å²) in [6, 6.07) is 0. The van der Waals surface area contributed by atoms with Crippen LogP contribution in [0.15, 0.2) is 0 Å². The zero-order valence-electron chi connectivity index (χ0n) is 8.41. The van der Waals surface area contributed by atoms with E-state index in [4.69, 9.17) is 14.6 Å². The van der Waals surface area contributed by atoms with Gasteiger partial charge in [0.1, 0.15) is 0 Å². The average Bonchev–Trinajstić information content (AvgIpc) is 2.79. The number of hydrogen-bond acceptors (Lipinski definition) is 4. The van der Waals surface area contributed by atoms with Gasteiger partial charge in [0.25, 0.3) is 0 Å². The number of thioether (sulfide) groups is 1. The van der Waals surface area contributed by atoms with Crippen molar-refractivity contribution in [2.75, 3.05) is 24.7 Å². The Balaban J connectivity index is 1.71. The Labute approximate surface area is 89.2 Å². The molecule has 1 saturated heterocycles. The van der Waals surface area contributed by atoms with Gasteiger partial charge in [-0.05, 0) is 12.8 Å². The molecule has 4 heteroatoms. The molecule has 1 aliphatic heterocycles. The van der Waals surface area contributed by atoms with Gasteiger partial charge in [0.15, 0.2) is 5.79 Å². The standard InChI is InChI=1S/C10H18O3S/c11-5-6-14-8-9-7-12-10(13-9)3-1-2-4-10/h9,11H,1-8H2. The topological polar surface area (TPSA) is 38.7 Å². The van der Waals surface area contributed by atoms with Crippen molar-refractivity contribution < 1.29 is 14.6 Å². The zero-order valence-corrected chi connectivity index (χ0v) is 9.22. The minimum Gasteiger partial charge on any atom is -0.396 e. The molecule has 0 bridgehead atoms. The monoisotopic (exact) mass is 218 g/mol. The Morgan fingerprint density at radius 2 is 2.14 bits per heavy atom. The summed E-state index contributed by atoms with van der Waals surface area (Å²) in [6.07, 6.45) is 4.83. The first-order chi connectivity index (χ1) is 6.85. The molecule has 1 spiro atoms. The van der Waals surface area contributed by atoms with Crippen molar-refractivity contribution in [2.45, 2.75) is 37.6 Å². The fraction of sp³-hybridized carbons (Fsp3) is 1.00. The van der Waals surface area contributed by atoms with Crippen molar-refractivity contribution in [1.82, 2.24) is 0 Å². The first-order valence-electron chi connectivity index (χ1n) is 5.35. The average molecular weight is 218 g/mol. The molecule has 2 rings (SSSR count). The van der Waals surface area contributed by atoms with E-state index in [9.17, 15) is 0 Å². The lowest BCUT2D eigenvalue weighted by Gasteiger charge is -2.21. The molecule has 1 N–H and O–H groups in total. The van der Waals surface area contributed by atoms with Gasteiger partial charge in [-0.2, -0.15) is 11.8 Å². The van der Waals surface area contributed by atoms with E-state index in [0.717, 1.165) is 31.0 Å². The smallest absolute Gasteiger partial charge is 0.168 e. The lowest BCUT2D eigenvalue weighted by atomic mass is 10.2. The van der Waals surface area contributed by atoms with Crippen molar-refractivity contribution in [3.8, 4) is 0 Å². The van der Waals surface area contributed by atoms with Crippen LogP contribution in [0, 0.1) is 0 Å². The molecule has 1 aliphatic carbocycles. The maximum atomic E-state index is 8.65. The van der Waals surface area contributed by atoms with Crippen LogP contribution in [0.5, 0.6) is 0 Å². The van der Waals surface area contributed by atoms with E-state index in [2.05, 4.69) is 0 Å². The number of rotatable bonds is 4. The molecule has 1 unspecified atom stereocenters. The van der Waals surface area contributed by atoms with E-state index in [1.165, 1.54) is 12.8 Å². The minimum absolute atomic E-state index is 0.218. The Morgan fingerprint density at radius 1 is 1.36 bits per heavy atom. The molecule has 0 aromatic carbocycles. The van der Waals surface area contributed by atoms with E-state index in [0.29, 0.717) is 0 Å². The highest BCUT2D eigenvalue weighted by Gasteiger charge is 2.43. The van der Waals surface area contributed by atoms with E-state index < -0.39 is 0 Å². The lowest BCUT2D eigenvalue weighted by Crippen LogP contribution is -2.27. The van der Waals surface area contributed by atoms with Gasteiger partial charge in [0.05, 0.1) is 19.3 Å². The molecule has 1 saturated carbocycles. The van der Waals surface area contributed by atoms with E-state index in [-0.39, 0.29) is 18.5 Å². The molecule has 1 heterocycles. The molecule has 2 aliphatic rings. The lowest BCUT2D eigenvalue weighted by molar-refractivity contribution is -0.159. The maximum Gasteiger partial charge on any atom is 0.168 e.